The van der Waals surface area contributed by atoms with Gasteiger partial charge in [0.1, 0.15) is 18.1 Å². The van der Waals surface area contributed by atoms with E-state index < -0.39 is 11.9 Å². The lowest BCUT2D eigenvalue weighted by Gasteiger charge is -2.12. The second-order valence-electron chi connectivity index (χ2n) is 6.80. The van der Waals surface area contributed by atoms with Crippen LogP contribution in [0.2, 0.25) is 10.0 Å². The van der Waals surface area contributed by atoms with Crippen molar-refractivity contribution in [3.05, 3.63) is 94.7 Å². The van der Waals surface area contributed by atoms with Gasteiger partial charge in [0, 0.05) is 15.6 Å². The third kappa shape index (κ3) is 5.05. The number of hydrogen-bond donors (Lipinski definition) is 1. The zero-order valence-corrected chi connectivity index (χ0v) is 22.1. The minimum atomic E-state index is -0.507. The molecule has 1 aliphatic heterocycles. The molecule has 1 aliphatic rings. The number of hydrogen-bond acceptors (Lipinski definition) is 3. The van der Waals surface area contributed by atoms with Gasteiger partial charge in [-0.05, 0) is 99.3 Å². The highest BCUT2D eigenvalue weighted by Gasteiger charge is 2.34. The Morgan fingerprint density at radius 1 is 0.969 bits per heavy atom. The number of ether oxygens (including phenoxy) is 1. The fourth-order valence-corrected chi connectivity index (χ4v) is 5.54. The van der Waals surface area contributed by atoms with Crippen LogP contribution in [0, 0.1) is 7.14 Å². The predicted molar refractivity (Wildman–Crippen MR) is 143 cm³/mol. The molecule has 1 fully saturated rings. The van der Waals surface area contributed by atoms with Crippen molar-refractivity contribution in [1.29, 1.82) is 0 Å². The first kappa shape index (κ1) is 23.3. The van der Waals surface area contributed by atoms with E-state index in [4.69, 9.17) is 27.9 Å². The van der Waals surface area contributed by atoms with E-state index in [2.05, 4.69) is 50.5 Å². The number of carbonyl (C=O) groups is 2. The maximum Gasteiger partial charge on any atom is 0.333 e. The summed E-state index contributed by atoms with van der Waals surface area (Å²) < 4.78 is 7.76. The maximum atomic E-state index is 12.8. The topological polar surface area (TPSA) is 58.6 Å². The maximum absolute atomic E-state index is 12.8. The quantitative estimate of drug-likeness (QED) is 0.181. The number of amides is 3. The molecule has 0 aromatic heterocycles. The molecular formula is C23H14Cl2I2N2O3. The summed E-state index contributed by atoms with van der Waals surface area (Å²) in [4.78, 5) is 26.3. The molecule has 9 heteroatoms. The Bertz CT molecular complexity index is 1220. The summed E-state index contributed by atoms with van der Waals surface area (Å²) in [5.74, 6) is 0.305. The van der Waals surface area contributed by atoms with Crippen LogP contribution in [0.25, 0.3) is 6.08 Å². The van der Waals surface area contributed by atoms with Crippen molar-refractivity contribution >= 4 is 92.1 Å². The average Bonchev–Trinajstić information content (AvgIpc) is 3.02. The van der Waals surface area contributed by atoms with Crippen molar-refractivity contribution in [2.24, 2.45) is 0 Å². The Kier molecular flexibility index (Phi) is 7.28. The molecule has 0 spiro atoms. The number of carbonyl (C=O) groups excluding carboxylic acids is 2. The van der Waals surface area contributed by atoms with Crippen LogP contribution < -0.4 is 15.0 Å². The van der Waals surface area contributed by atoms with Gasteiger partial charge in [0.15, 0.2) is 0 Å². The SMILES string of the molecule is O=C1N/C(=C/c2cc(I)c(OCc3ccccc3Cl)c(I)c2)C(=O)N1c1ccc(Cl)cc1. The lowest BCUT2D eigenvalue weighted by molar-refractivity contribution is -0.113. The van der Waals surface area contributed by atoms with Gasteiger partial charge in [-0.2, -0.15) is 0 Å². The van der Waals surface area contributed by atoms with E-state index >= 15 is 0 Å². The van der Waals surface area contributed by atoms with Crippen LogP contribution in [-0.2, 0) is 11.4 Å². The molecule has 162 valence electrons. The molecule has 0 aliphatic carbocycles. The number of nitrogens with zero attached hydrogens (tertiary/aromatic N) is 1. The van der Waals surface area contributed by atoms with Gasteiger partial charge in [0.2, 0.25) is 0 Å². The Morgan fingerprint density at radius 3 is 2.28 bits per heavy atom. The van der Waals surface area contributed by atoms with Gasteiger partial charge in [-0.1, -0.05) is 41.4 Å². The molecule has 1 heterocycles. The molecular weight excluding hydrogens is 677 g/mol. The second-order valence-corrected chi connectivity index (χ2v) is 9.97. The number of urea groups is 1. The van der Waals surface area contributed by atoms with Crippen LogP contribution in [0.15, 0.2) is 66.4 Å². The smallest absolute Gasteiger partial charge is 0.333 e. The van der Waals surface area contributed by atoms with Gasteiger partial charge in [-0.25, -0.2) is 9.69 Å². The number of benzene rings is 3. The van der Waals surface area contributed by atoms with Crippen molar-refractivity contribution in [2.75, 3.05) is 4.90 Å². The van der Waals surface area contributed by atoms with E-state index in [-0.39, 0.29) is 5.70 Å². The van der Waals surface area contributed by atoms with Crippen LogP contribution >= 0.6 is 68.4 Å². The largest absolute Gasteiger partial charge is 0.487 e. The molecule has 1 saturated heterocycles. The molecule has 0 saturated carbocycles. The highest BCUT2D eigenvalue weighted by molar-refractivity contribution is 14.1. The zero-order chi connectivity index (χ0) is 22.8. The molecule has 3 aromatic carbocycles. The fourth-order valence-electron chi connectivity index (χ4n) is 3.09. The summed E-state index contributed by atoms with van der Waals surface area (Å²) in [5.41, 5.74) is 2.31. The van der Waals surface area contributed by atoms with E-state index in [1.54, 1.807) is 30.3 Å². The van der Waals surface area contributed by atoms with E-state index in [1.165, 1.54) is 0 Å². The molecule has 0 radical (unpaired) electrons. The number of nitrogens with one attached hydrogen (secondary N) is 1. The molecule has 1 N–H and O–H groups in total. The summed E-state index contributed by atoms with van der Waals surface area (Å²) in [5, 5.41) is 3.81. The summed E-state index contributed by atoms with van der Waals surface area (Å²) in [6.45, 7) is 0.344. The van der Waals surface area contributed by atoms with E-state index in [1.807, 2.05) is 36.4 Å². The molecule has 32 heavy (non-hydrogen) atoms. The van der Waals surface area contributed by atoms with Crippen LogP contribution in [0.3, 0.4) is 0 Å². The van der Waals surface area contributed by atoms with Crippen molar-refractivity contribution in [1.82, 2.24) is 5.32 Å². The Morgan fingerprint density at radius 2 is 1.62 bits per heavy atom. The fraction of sp³-hybridized carbons (Fsp3) is 0.0435. The van der Waals surface area contributed by atoms with Crippen molar-refractivity contribution < 1.29 is 14.3 Å². The summed E-state index contributed by atoms with van der Waals surface area (Å²) in [7, 11) is 0. The number of imide groups is 1. The summed E-state index contributed by atoms with van der Waals surface area (Å²) >= 11 is 16.5. The third-order valence-corrected chi connectivity index (χ3v) is 6.85. The lowest BCUT2D eigenvalue weighted by Crippen LogP contribution is -2.30. The number of halogens is 4. The minimum absolute atomic E-state index is 0.196. The van der Waals surface area contributed by atoms with Gasteiger partial charge in [0.05, 0.1) is 12.8 Å². The first-order chi connectivity index (χ1) is 15.3. The first-order valence-corrected chi connectivity index (χ1v) is 12.2. The van der Waals surface area contributed by atoms with Crippen LogP contribution in [-0.4, -0.2) is 11.9 Å². The standard InChI is InChI=1S/C23H14Cl2I2N2O3/c24-15-5-7-16(8-6-15)29-22(30)20(28-23(29)31)11-13-9-18(26)21(19(27)10-13)32-12-14-3-1-2-4-17(14)25/h1-11H,12H2,(H,28,31)/b20-11+. The van der Waals surface area contributed by atoms with Gasteiger partial charge < -0.3 is 10.1 Å². The van der Waals surface area contributed by atoms with Crippen LogP contribution in [0.5, 0.6) is 5.75 Å². The zero-order valence-electron chi connectivity index (χ0n) is 16.2. The molecule has 4 rings (SSSR count). The molecule has 3 aromatic rings. The average molecular weight is 691 g/mol. The van der Waals surface area contributed by atoms with Crippen molar-refractivity contribution in [3.63, 3.8) is 0 Å². The summed E-state index contributed by atoms with van der Waals surface area (Å²) in [6.07, 6.45) is 1.65. The van der Waals surface area contributed by atoms with E-state index in [0.717, 1.165) is 28.9 Å². The summed E-state index contributed by atoms with van der Waals surface area (Å²) in [6, 6.07) is 17.3. The molecule has 0 unspecified atom stereocenters. The number of rotatable bonds is 5. The van der Waals surface area contributed by atoms with Gasteiger partial charge in [0.25, 0.3) is 5.91 Å². The Balaban J connectivity index is 1.55. The third-order valence-electron chi connectivity index (χ3n) is 4.62. The predicted octanol–water partition coefficient (Wildman–Crippen LogP) is 6.88. The highest BCUT2D eigenvalue weighted by Crippen LogP contribution is 2.32. The normalized spacial score (nSPS) is 14.8. The van der Waals surface area contributed by atoms with Crippen molar-refractivity contribution in [3.8, 4) is 5.75 Å². The molecule has 0 atom stereocenters. The monoisotopic (exact) mass is 690 g/mol. The van der Waals surface area contributed by atoms with Crippen LogP contribution in [0.4, 0.5) is 10.5 Å². The molecule has 5 nitrogen and oxygen atoms in total. The first-order valence-electron chi connectivity index (χ1n) is 9.31. The van der Waals surface area contributed by atoms with E-state index in [0.29, 0.717) is 22.3 Å². The van der Waals surface area contributed by atoms with Gasteiger partial charge >= 0.3 is 6.03 Å². The minimum Gasteiger partial charge on any atom is -0.487 e. The Labute approximate surface area is 222 Å². The highest BCUT2D eigenvalue weighted by atomic mass is 127. The van der Waals surface area contributed by atoms with Gasteiger partial charge in [-0.15, -0.1) is 0 Å². The Hall–Kier alpha value is -1.82. The van der Waals surface area contributed by atoms with E-state index in [9.17, 15) is 9.59 Å². The number of anilines is 1. The molecule has 0 bridgehead atoms. The van der Waals surface area contributed by atoms with Gasteiger partial charge in [-0.3, -0.25) is 4.79 Å². The van der Waals surface area contributed by atoms with Crippen LogP contribution in [0.1, 0.15) is 11.1 Å². The van der Waals surface area contributed by atoms with Crippen molar-refractivity contribution in [2.45, 2.75) is 6.61 Å². The molecule has 3 amide bonds. The lowest BCUT2D eigenvalue weighted by atomic mass is 10.1. The second kappa shape index (κ2) is 9.98.